The lowest BCUT2D eigenvalue weighted by atomic mass is 10.1. The molecule has 0 spiro atoms. The maximum Gasteiger partial charge on any atom is 0.261 e. The monoisotopic (exact) mass is 352 g/mol. The van der Waals surface area contributed by atoms with E-state index in [4.69, 9.17) is 9.88 Å². The number of ether oxygens (including phenoxy) is 1. The zero-order chi connectivity index (χ0) is 16.6. The van der Waals surface area contributed by atoms with Crippen LogP contribution >= 0.6 is 11.3 Å². The third-order valence-electron chi connectivity index (χ3n) is 3.66. The largest absolute Gasteiger partial charge is 0.488 e. The molecule has 3 rings (SSSR count). The Morgan fingerprint density at radius 1 is 1.43 bits per heavy atom. The third kappa shape index (κ3) is 3.24. The third-order valence-corrected chi connectivity index (χ3v) is 6.16. The Kier molecular flexibility index (Phi) is 4.13. The van der Waals surface area contributed by atoms with Crippen LogP contribution in [0.3, 0.4) is 0 Å². The quantitative estimate of drug-likeness (QED) is 0.875. The summed E-state index contributed by atoms with van der Waals surface area (Å²) in [5, 5.41) is 6.82. The number of para-hydroxylation sites is 1. The number of thiophene rings is 1. The van der Waals surface area contributed by atoms with Crippen LogP contribution < -0.4 is 15.2 Å². The van der Waals surface area contributed by atoms with Gasteiger partial charge in [0, 0.05) is 22.5 Å². The van der Waals surface area contributed by atoms with E-state index in [1.807, 2.05) is 24.3 Å². The minimum absolute atomic E-state index is 0.0205. The van der Waals surface area contributed by atoms with Gasteiger partial charge in [0.05, 0.1) is 10.1 Å². The summed E-state index contributed by atoms with van der Waals surface area (Å²) in [4.78, 5) is 13.8. The van der Waals surface area contributed by atoms with Crippen molar-refractivity contribution in [3.63, 3.8) is 0 Å². The van der Waals surface area contributed by atoms with Crippen molar-refractivity contribution in [2.75, 3.05) is 6.54 Å². The number of sulfonamides is 1. The number of benzene rings is 1. The van der Waals surface area contributed by atoms with E-state index in [1.54, 1.807) is 6.07 Å². The van der Waals surface area contributed by atoms with Crippen LogP contribution in [0.4, 0.5) is 0 Å². The fraction of sp³-hybridized carbons (Fsp3) is 0.267. The number of carbonyl (C=O) groups is 1. The van der Waals surface area contributed by atoms with Crippen LogP contribution in [0.15, 0.2) is 30.3 Å². The molecule has 2 aromatic rings. The van der Waals surface area contributed by atoms with Gasteiger partial charge in [0.1, 0.15) is 12.4 Å². The highest BCUT2D eigenvalue weighted by atomic mass is 32.2. The molecule has 1 amide bonds. The first kappa shape index (κ1) is 16.0. The Bertz CT molecular complexity index is 858. The molecular formula is C15H16N2O4S2. The van der Waals surface area contributed by atoms with Gasteiger partial charge in [0.15, 0.2) is 0 Å². The summed E-state index contributed by atoms with van der Waals surface area (Å²) in [6.07, 6.45) is 0. The molecule has 2 heterocycles. The molecule has 3 N–H and O–H groups in total. The molecular weight excluding hydrogens is 336 g/mol. The number of rotatable bonds is 4. The van der Waals surface area contributed by atoms with Crippen molar-refractivity contribution in [3.8, 4) is 16.2 Å². The Balaban J connectivity index is 1.79. The minimum atomic E-state index is -3.65. The van der Waals surface area contributed by atoms with Gasteiger partial charge >= 0.3 is 0 Å². The van der Waals surface area contributed by atoms with Gasteiger partial charge in [-0.05, 0) is 25.1 Å². The number of primary sulfonamides is 1. The molecule has 1 atom stereocenters. The summed E-state index contributed by atoms with van der Waals surface area (Å²) in [5.74, 6) is 0.494. The Hall–Kier alpha value is -1.90. The van der Waals surface area contributed by atoms with Crippen LogP contribution in [0.1, 0.15) is 22.2 Å². The maximum atomic E-state index is 12.2. The number of carbonyl (C=O) groups excluding carboxylic acids is 1. The first-order valence-electron chi connectivity index (χ1n) is 7.01. The number of nitrogens with one attached hydrogen (secondary N) is 1. The SMILES string of the molecule is C[C@H](CNC(=O)c1cc2c(s1)-c1ccccc1OC2)S(N)(=O)=O. The molecule has 1 aliphatic rings. The minimum Gasteiger partial charge on any atom is -0.488 e. The fourth-order valence-electron chi connectivity index (χ4n) is 2.25. The second-order valence-corrected chi connectivity index (χ2v) is 8.39. The van der Waals surface area contributed by atoms with E-state index in [-0.39, 0.29) is 12.5 Å². The molecule has 0 bridgehead atoms. The molecule has 6 nitrogen and oxygen atoms in total. The van der Waals surface area contributed by atoms with Crippen molar-refractivity contribution in [1.29, 1.82) is 0 Å². The lowest BCUT2D eigenvalue weighted by Gasteiger charge is -2.16. The number of hydrogen-bond acceptors (Lipinski definition) is 5. The predicted octanol–water partition coefficient (Wildman–Crippen LogP) is 1.71. The molecule has 0 saturated heterocycles. The number of fused-ring (bicyclic) bond motifs is 3. The van der Waals surface area contributed by atoms with E-state index in [1.165, 1.54) is 18.3 Å². The second-order valence-electron chi connectivity index (χ2n) is 5.36. The highest BCUT2D eigenvalue weighted by Crippen LogP contribution is 2.42. The van der Waals surface area contributed by atoms with E-state index in [9.17, 15) is 13.2 Å². The molecule has 23 heavy (non-hydrogen) atoms. The van der Waals surface area contributed by atoms with Crippen LogP contribution in [0, 0.1) is 0 Å². The van der Waals surface area contributed by atoms with E-state index in [2.05, 4.69) is 5.32 Å². The van der Waals surface area contributed by atoms with E-state index in [0.717, 1.165) is 21.8 Å². The summed E-state index contributed by atoms with van der Waals surface area (Å²) in [7, 11) is -3.65. The smallest absolute Gasteiger partial charge is 0.261 e. The first-order valence-corrected chi connectivity index (χ1v) is 9.43. The van der Waals surface area contributed by atoms with Crippen molar-refractivity contribution < 1.29 is 17.9 Å². The standard InChI is InChI=1S/C15H16N2O4S2/c1-9(23(16,19)20)7-17-15(18)13-6-10-8-21-12-5-3-2-4-11(12)14(10)22-13/h2-6,9H,7-8H2,1H3,(H,17,18)(H2,16,19,20)/t9-/m1/s1. The Labute approximate surface area is 138 Å². The zero-order valence-corrected chi connectivity index (χ0v) is 14.0. The average molecular weight is 352 g/mol. The number of nitrogens with two attached hydrogens (primary N) is 1. The second kappa shape index (κ2) is 5.95. The van der Waals surface area contributed by atoms with E-state index in [0.29, 0.717) is 11.5 Å². The Morgan fingerprint density at radius 3 is 2.91 bits per heavy atom. The zero-order valence-electron chi connectivity index (χ0n) is 12.4. The lowest BCUT2D eigenvalue weighted by molar-refractivity contribution is 0.0958. The molecule has 1 aromatic heterocycles. The van der Waals surface area contributed by atoms with Crippen LogP contribution in [0.5, 0.6) is 5.75 Å². The van der Waals surface area contributed by atoms with Gasteiger partial charge in [-0.3, -0.25) is 4.79 Å². The molecule has 0 fully saturated rings. The summed E-state index contributed by atoms with van der Waals surface area (Å²) < 4.78 is 28.0. The van der Waals surface area contributed by atoms with Crippen molar-refractivity contribution in [2.24, 2.45) is 5.14 Å². The molecule has 1 aliphatic heterocycles. The summed E-state index contributed by atoms with van der Waals surface area (Å²) >= 11 is 1.37. The lowest BCUT2D eigenvalue weighted by Crippen LogP contribution is -2.37. The van der Waals surface area contributed by atoms with Gasteiger partial charge in [-0.1, -0.05) is 12.1 Å². The van der Waals surface area contributed by atoms with Gasteiger partial charge in [0.2, 0.25) is 10.0 Å². The highest BCUT2D eigenvalue weighted by Gasteiger charge is 2.23. The van der Waals surface area contributed by atoms with Gasteiger partial charge in [-0.25, -0.2) is 13.6 Å². The number of hydrogen-bond donors (Lipinski definition) is 2. The topological polar surface area (TPSA) is 98.5 Å². The van der Waals surface area contributed by atoms with E-state index < -0.39 is 15.3 Å². The fourth-order valence-corrected chi connectivity index (χ4v) is 3.68. The average Bonchev–Trinajstić information content (AvgIpc) is 2.96. The van der Waals surface area contributed by atoms with Crippen molar-refractivity contribution in [3.05, 3.63) is 40.8 Å². The summed E-state index contributed by atoms with van der Waals surface area (Å²) in [6.45, 7) is 1.86. The molecule has 1 aromatic carbocycles. The molecule has 0 saturated carbocycles. The van der Waals surface area contributed by atoms with Gasteiger partial charge in [-0.2, -0.15) is 0 Å². The molecule has 0 radical (unpaired) electrons. The van der Waals surface area contributed by atoms with Crippen molar-refractivity contribution in [1.82, 2.24) is 5.32 Å². The normalized spacial score (nSPS) is 14.3. The van der Waals surface area contributed by atoms with Crippen LogP contribution in [0.2, 0.25) is 0 Å². The molecule has 8 heteroatoms. The Morgan fingerprint density at radius 2 is 2.17 bits per heavy atom. The first-order chi connectivity index (χ1) is 10.9. The molecule has 122 valence electrons. The van der Waals surface area contributed by atoms with Gasteiger partial charge < -0.3 is 10.1 Å². The van der Waals surface area contributed by atoms with Gasteiger partial charge in [0.25, 0.3) is 5.91 Å². The highest BCUT2D eigenvalue weighted by molar-refractivity contribution is 7.89. The van der Waals surface area contributed by atoms with Gasteiger partial charge in [-0.15, -0.1) is 11.3 Å². The molecule has 0 unspecified atom stereocenters. The van der Waals surface area contributed by atoms with Crippen molar-refractivity contribution >= 4 is 27.3 Å². The van der Waals surface area contributed by atoms with Crippen LogP contribution in [-0.4, -0.2) is 26.1 Å². The maximum absolute atomic E-state index is 12.2. The van der Waals surface area contributed by atoms with E-state index >= 15 is 0 Å². The van der Waals surface area contributed by atoms with Crippen LogP contribution in [0.25, 0.3) is 10.4 Å². The number of amides is 1. The molecule has 0 aliphatic carbocycles. The van der Waals surface area contributed by atoms with Crippen LogP contribution in [-0.2, 0) is 16.6 Å². The van der Waals surface area contributed by atoms with Crippen molar-refractivity contribution in [2.45, 2.75) is 18.8 Å². The summed E-state index contributed by atoms with van der Waals surface area (Å²) in [5.41, 5.74) is 1.93. The summed E-state index contributed by atoms with van der Waals surface area (Å²) in [6, 6.07) is 9.46. The predicted molar refractivity (Wildman–Crippen MR) is 89.0 cm³/mol.